The van der Waals surface area contributed by atoms with Gasteiger partial charge in [-0.05, 0) is 86.4 Å². The van der Waals surface area contributed by atoms with Crippen molar-refractivity contribution in [2.75, 3.05) is 6.54 Å². The first-order valence-corrected chi connectivity index (χ1v) is 12.1. The first-order valence-electron chi connectivity index (χ1n) is 10.9. The van der Waals surface area contributed by atoms with Crippen molar-refractivity contribution in [3.05, 3.63) is 52.4 Å². The zero-order valence-electron chi connectivity index (χ0n) is 17.2. The standard InChI is InChI=1S/C24H25FN2O2S2/c25-18-7-5-15(6-8-18)20-12-17(2-1-9-26)21(29-20)13-22-23(28)27(24(30)31-22)19-11-14-3-4-16(19)10-14/h5-8,12-14,16,19H,1-4,9-11,26H2/b22-13-. The van der Waals surface area contributed by atoms with Gasteiger partial charge < -0.3 is 10.2 Å². The minimum absolute atomic E-state index is 0.00272. The molecule has 5 rings (SSSR count). The molecule has 2 saturated carbocycles. The summed E-state index contributed by atoms with van der Waals surface area (Å²) in [5, 5.41) is 0. The van der Waals surface area contributed by atoms with Gasteiger partial charge in [-0.3, -0.25) is 9.69 Å². The Kier molecular flexibility index (Phi) is 5.75. The van der Waals surface area contributed by atoms with E-state index in [4.69, 9.17) is 22.4 Å². The number of aryl methyl sites for hydroxylation is 1. The molecule has 3 aliphatic rings. The van der Waals surface area contributed by atoms with Crippen molar-refractivity contribution >= 4 is 40.3 Å². The number of rotatable bonds is 6. The molecule has 7 heteroatoms. The zero-order valence-corrected chi connectivity index (χ0v) is 18.8. The van der Waals surface area contributed by atoms with Gasteiger partial charge in [0.1, 0.15) is 21.7 Å². The van der Waals surface area contributed by atoms with E-state index in [0.29, 0.717) is 33.2 Å². The summed E-state index contributed by atoms with van der Waals surface area (Å²) in [6, 6.07) is 8.43. The SMILES string of the molecule is NCCCc1cc(-c2ccc(F)cc2)oc1/C=C1\SC(=S)N(C2CC3CCC2C3)C1=O. The molecule has 1 aromatic heterocycles. The molecule has 162 valence electrons. The summed E-state index contributed by atoms with van der Waals surface area (Å²) in [7, 11) is 0. The number of thioether (sulfide) groups is 1. The van der Waals surface area contributed by atoms with E-state index in [9.17, 15) is 9.18 Å². The van der Waals surface area contributed by atoms with Crippen LogP contribution < -0.4 is 5.73 Å². The molecule has 3 unspecified atom stereocenters. The number of amides is 1. The van der Waals surface area contributed by atoms with Gasteiger partial charge in [0.25, 0.3) is 5.91 Å². The molecule has 4 nitrogen and oxygen atoms in total. The number of nitrogens with two attached hydrogens (primary N) is 1. The van der Waals surface area contributed by atoms with Crippen LogP contribution in [0.25, 0.3) is 17.4 Å². The van der Waals surface area contributed by atoms with Gasteiger partial charge in [0.05, 0.1) is 4.91 Å². The van der Waals surface area contributed by atoms with E-state index in [2.05, 4.69) is 0 Å². The van der Waals surface area contributed by atoms with Gasteiger partial charge >= 0.3 is 0 Å². The van der Waals surface area contributed by atoms with Crippen LogP contribution in [0, 0.1) is 17.7 Å². The van der Waals surface area contributed by atoms with Crippen molar-refractivity contribution in [3.63, 3.8) is 0 Å². The summed E-state index contributed by atoms with van der Waals surface area (Å²) in [5.41, 5.74) is 7.50. The topological polar surface area (TPSA) is 59.5 Å². The molecule has 2 N–H and O–H groups in total. The molecule has 2 aliphatic carbocycles. The Morgan fingerprint density at radius 3 is 2.74 bits per heavy atom. The van der Waals surface area contributed by atoms with Gasteiger partial charge in [-0.15, -0.1) is 0 Å². The lowest BCUT2D eigenvalue weighted by Crippen LogP contribution is -2.41. The second-order valence-corrected chi connectivity index (χ2v) is 10.4. The van der Waals surface area contributed by atoms with E-state index in [1.54, 1.807) is 12.1 Å². The fourth-order valence-electron chi connectivity index (χ4n) is 5.22. The number of fused-ring (bicyclic) bond motifs is 2. The third-order valence-corrected chi connectivity index (χ3v) is 8.07. The highest BCUT2D eigenvalue weighted by atomic mass is 32.2. The Morgan fingerprint density at radius 2 is 2.06 bits per heavy atom. The van der Waals surface area contributed by atoms with Crippen molar-refractivity contribution in [1.29, 1.82) is 0 Å². The number of halogens is 1. The van der Waals surface area contributed by atoms with E-state index >= 15 is 0 Å². The van der Waals surface area contributed by atoms with Crippen LogP contribution in [0.4, 0.5) is 4.39 Å². The molecular weight excluding hydrogens is 431 g/mol. The third kappa shape index (κ3) is 3.99. The fourth-order valence-corrected chi connectivity index (χ4v) is 6.57. The number of hydrogen-bond acceptors (Lipinski definition) is 5. The molecule has 2 bridgehead atoms. The Morgan fingerprint density at radius 1 is 1.26 bits per heavy atom. The Balaban J connectivity index is 1.44. The predicted molar refractivity (Wildman–Crippen MR) is 126 cm³/mol. The highest BCUT2D eigenvalue weighted by molar-refractivity contribution is 8.26. The van der Waals surface area contributed by atoms with Crippen molar-refractivity contribution in [3.8, 4) is 11.3 Å². The monoisotopic (exact) mass is 456 g/mol. The largest absolute Gasteiger partial charge is 0.456 e. The highest BCUT2D eigenvalue weighted by Gasteiger charge is 2.48. The van der Waals surface area contributed by atoms with Crippen molar-refractivity contribution in [2.45, 2.75) is 44.6 Å². The van der Waals surface area contributed by atoms with E-state index < -0.39 is 0 Å². The normalized spacial score (nSPS) is 26.6. The van der Waals surface area contributed by atoms with E-state index in [0.717, 1.165) is 36.3 Å². The van der Waals surface area contributed by atoms with Crippen LogP contribution >= 0.6 is 24.0 Å². The Bertz CT molecular complexity index is 1050. The smallest absolute Gasteiger partial charge is 0.266 e. The molecule has 0 spiro atoms. The number of benzene rings is 1. The molecule has 0 radical (unpaired) electrons. The van der Waals surface area contributed by atoms with Crippen LogP contribution in [0.5, 0.6) is 0 Å². The predicted octanol–water partition coefficient (Wildman–Crippen LogP) is 5.37. The summed E-state index contributed by atoms with van der Waals surface area (Å²) in [6.45, 7) is 0.572. The van der Waals surface area contributed by atoms with Crippen LogP contribution in [0.15, 0.2) is 39.7 Å². The molecule has 31 heavy (non-hydrogen) atoms. The van der Waals surface area contributed by atoms with Gasteiger partial charge in [-0.2, -0.15) is 0 Å². The van der Waals surface area contributed by atoms with Crippen LogP contribution in [-0.2, 0) is 11.2 Å². The molecule has 1 aromatic carbocycles. The summed E-state index contributed by atoms with van der Waals surface area (Å²) in [5.74, 6) is 2.35. The summed E-state index contributed by atoms with van der Waals surface area (Å²) >= 11 is 6.97. The molecule has 3 fully saturated rings. The first-order chi connectivity index (χ1) is 15.0. The number of carbonyl (C=O) groups excluding carboxylic acids is 1. The molecule has 1 amide bonds. The van der Waals surface area contributed by atoms with Gasteiger partial charge in [0.2, 0.25) is 0 Å². The van der Waals surface area contributed by atoms with Crippen molar-refractivity contribution in [1.82, 2.24) is 4.90 Å². The first kappa shape index (κ1) is 20.9. The summed E-state index contributed by atoms with van der Waals surface area (Å²) in [6.07, 6.45) is 8.17. The van der Waals surface area contributed by atoms with Gasteiger partial charge in [0, 0.05) is 17.7 Å². The van der Waals surface area contributed by atoms with Gasteiger partial charge in [-0.1, -0.05) is 30.4 Å². The average molecular weight is 457 g/mol. The molecular formula is C24H25FN2O2S2. The van der Waals surface area contributed by atoms with E-state index in [1.807, 2.05) is 17.0 Å². The Labute approximate surface area is 191 Å². The van der Waals surface area contributed by atoms with Crippen LogP contribution in [-0.4, -0.2) is 27.7 Å². The van der Waals surface area contributed by atoms with Crippen LogP contribution in [0.2, 0.25) is 0 Å². The van der Waals surface area contributed by atoms with Crippen LogP contribution in [0.3, 0.4) is 0 Å². The number of furan rings is 1. The molecule has 2 aromatic rings. The molecule has 1 aliphatic heterocycles. The van der Waals surface area contributed by atoms with E-state index in [1.165, 1.54) is 43.2 Å². The van der Waals surface area contributed by atoms with Crippen LogP contribution in [0.1, 0.15) is 43.4 Å². The summed E-state index contributed by atoms with van der Waals surface area (Å²) in [4.78, 5) is 15.7. The van der Waals surface area contributed by atoms with Crippen molar-refractivity contribution < 1.29 is 13.6 Å². The second-order valence-electron chi connectivity index (χ2n) is 8.69. The number of carbonyl (C=O) groups is 1. The quantitative estimate of drug-likeness (QED) is 0.468. The third-order valence-electron chi connectivity index (χ3n) is 6.74. The highest BCUT2D eigenvalue weighted by Crippen LogP contribution is 2.49. The maximum absolute atomic E-state index is 13.3. The minimum Gasteiger partial charge on any atom is -0.456 e. The lowest BCUT2D eigenvalue weighted by molar-refractivity contribution is -0.124. The zero-order chi connectivity index (χ0) is 21.5. The summed E-state index contributed by atoms with van der Waals surface area (Å²) < 4.78 is 20.1. The Hall–Kier alpha value is -1.96. The maximum atomic E-state index is 13.3. The lowest BCUT2D eigenvalue weighted by atomic mass is 9.94. The average Bonchev–Trinajstić information content (AvgIpc) is 3.52. The van der Waals surface area contributed by atoms with Crippen molar-refractivity contribution in [2.24, 2.45) is 17.6 Å². The fraction of sp³-hybridized carbons (Fsp3) is 0.417. The van der Waals surface area contributed by atoms with Gasteiger partial charge in [0.15, 0.2) is 0 Å². The maximum Gasteiger partial charge on any atom is 0.266 e. The van der Waals surface area contributed by atoms with E-state index in [-0.39, 0.29) is 17.8 Å². The molecule has 1 saturated heterocycles. The minimum atomic E-state index is -0.289. The molecule has 2 heterocycles. The second kappa shape index (κ2) is 8.52. The molecule has 3 atom stereocenters. The van der Waals surface area contributed by atoms with Gasteiger partial charge in [-0.25, -0.2) is 4.39 Å². The lowest BCUT2D eigenvalue weighted by Gasteiger charge is -2.30. The number of hydrogen-bond donors (Lipinski definition) is 1. The number of thiocarbonyl (C=S) groups is 1. The number of nitrogens with zero attached hydrogens (tertiary/aromatic N) is 1.